The fraction of sp³-hybridized carbons (Fsp3) is 0.852. The van der Waals surface area contributed by atoms with Crippen LogP contribution >= 0.6 is 0 Å². The summed E-state index contributed by atoms with van der Waals surface area (Å²) in [5.41, 5.74) is 2.63. The molecule has 11 atom stereocenters. The summed E-state index contributed by atoms with van der Waals surface area (Å²) in [7, 11) is 0. The minimum atomic E-state index is -0.428. The van der Waals surface area contributed by atoms with Crippen molar-refractivity contribution in [2.45, 2.75) is 96.2 Å². The van der Waals surface area contributed by atoms with E-state index in [-0.39, 0.29) is 16.9 Å². The molecule has 0 radical (unpaired) electrons. The van der Waals surface area contributed by atoms with Crippen molar-refractivity contribution in [1.29, 1.82) is 0 Å². The third-order valence-corrected chi connectivity index (χ3v) is 11.2. The van der Waals surface area contributed by atoms with E-state index in [2.05, 4.69) is 33.4 Å². The zero-order chi connectivity index (χ0) is 21.8. The second kappa shape index (κ2) is 6.68. The van der Waals surface area contributed by atoms with Crippen LogP contribution in [0, 0.1) is 40.4 Å². The van der Waals surface area contributed by atoms with Crippen molar-refractivity contribution in [1.82, 2.24) is 0 Å². The standard InChI is InChI=1S/C27H40O4/c1-15-7-10-27(30-14-15)16(2)24-22(31-27)13-21-19-6-5-17-11-18(28)12-23(29)26(17,4)20(19)8-9-25(21,24)3/h5,16,18-24,28-29H,1,6-14H2,2-4H3/t16-,18+,19-,20+,21+,22+,23-,24+,25-,26-,27+/m0/s1. The third kappa shape index (κ3) is 2.62. The van der Waals surface area contributed by atoms with E-state index in [1.165, 1.54) is 24.0 Å². The molecule has 6 rings (SSSR count). The molecule has 3 saturated carbocycles. The second-order valence-electron chi connectivity index (χ2n) is 12.3. The lowest BCUT2D eigenvalue weighted by atomic mass is 9.46. The van der Waals surface area contributed by atoms with Gasteiger partial charge in [-0.15, -0.1) is 0 Å². The number of hydrogen-bond acceptors (Lipinski definition) is 4. The zero-order valence-electron chi connectivity index (χ0n) is 19.5. The van der Waals surface area contributed by atoms with Crippen LogP contribution in [0.25, 0.3) is 0 Å². The largest absolute Gasteiger partial charge is 0.393 e. The maximum Gasteiger partial charge on any atom is 0.172 e. The first-order valence-electron chi connectivity index (χ1n) is 12.7. The van der Waals surface area contributed by atoms with Gasteiger partial charge >= 0.3 is 0 Å². The van der Waals surface area contributed by atoms with Gasteiger partial charge < -0.3 is 19.7 Å². The summed E-state index contributed by atoms with van der Waals surface area (Å²) >= 11 is 0. The SMILES string of the molecule is C=C1CC[C@@]2(OC1)O[C@@H]1C[C@@H]3[C@H]4CC=C5C[C@@H](O)C[C@H](O)[C@]5(C)[C@@H]4CC[C@]3(C)[C@@H]1[C@@H]2C. The molecule has 0 aromatic rings. The number of allylic oxidation sites excluding steroid dienone is 1. The van der Waals surface area contributed by atoms with Gasteiger partial charge in [0.1, 0.15) is 0 Å². The van der Waals surface area contributed by atoms with E-state index in [4.69, 9.17) is 9.47 Å². The molecule has 2 heterocycles. The molecular formula is C27H40O4. The van der Waals surface area contributed by atoms with Crippen molar-refractivity contribution >= 4 is 0 Å². The first-order chi connectivity index (χ1) is 14.7. The number of ether oxygens (including phenoxy) is 2. The summed E-state index contributed by atoms with van der Waals surface area (Å²) in [6, 6.07) is 0. The summed E-state index contributed by atoms with van der Waals surface area (Å²) in [6.45, 7) is 12.0. The third-order valence-electron chi connectivity index (χ3n) is 11.2. The fourth-order valence-electron chi connectivity index (χ4n) is 9.55. The number of aliphatic hydroxyl groups excluding tert-OH is 2. The molecule has 31 heavy (non-hydrogen) atoms. The topological polar surface area (TPSA) is 58.9 Å². The molecule has 0 amide bonds. The molecular weight excluding hydrogens is 388 g/mol. The van der Waals surface area contributed by atoms with Crippen LogP contribution in [0.4, 0.5) is 0 Å². The van der Waals surface area contributed by atoms with Crippen molar-refractivity contribution in [3.05, 3.63) is 23.8 Å². The van der Waals surface area contributed by atoms with E-state index in [1.54, 1.807) is 0 Å². The molecule has 2 aliphatic heterocycles. The highest BCUT2D eigenvalue weighted by molar-refractivity contribution is 5.28. The molecule has 0 bridgehead atoms. The number of hydrogen-bond donors (Lipinski definition) is 2. The minimum Gasteiger partial charge on any atom is -0.393 e. The first kappa shape index (κ1) is 20.9. The molecule has 4 heteroatoms. The van der Waals surface area contributed by atoms with E-state index in [1.807, 2.05) is 0 Å². The van der Waals surface area contributed by atoms with Gasteiger partial charge in [-0.25, -0.2) is 0 Å². The maximum atomic E-state index is 11.1. The predicted molar refractivity (Wildman–Crippen MR) is 119 cm³/mol. The highest BCUT2D eigenvalue weighted by atomic mass is 16.7. The molecule has 1 spiro atoms. The van der Waals surface area contributed by atoms with Crippen LogP contribution in [0.3, 0.4) is 0 Å². The van der Waals surface area contributed by atoms with E-state index in [0.29, 0.717) is 48.7 Å². The van der Waals surface area contributed by atoms with Crippen LogP contribution in [0.2, 0.25) is 0 Å². The fourth-order valence-corrected chi connectivity index (χ4v) is 9.55. The van der Waals surface area contributed by atoms with E-state index < -0.39 is 11.9 Å². The average molecular weight is 429 g/mol. The summed E-state index contributed by atoms with van der Waals surface area (Å²) in [5.74, 6) is 2.35. The van der Waals surface area contributed by atoms with Crippen molar-refractivity contribution in [2.24, 2.45) is 40.4 Å². The smallest absolute Gasteiger partial charge is 0.172 e. The lowest BCUT2D eigenvalue weighted by molar-refractivity contribution is -0.255. The molecule has 4 aliphatic carbocycles. The molecule has 6 aliphatic rings. The quantitative estimate of drug-likeness (QED) is 0.554. The Hall–Kier alpha value is -0.680. The van der Waals surface area contributed by atoms with E-state index in [9.17, 15) is 10.2 Å². The van der Waals surface area contributed by atoms with Gasteiger partial charge in [0, 0.05) is 24.2 Å². The van der Waals surface area contributed by atoms with Crippen LogP contribution in [-0.4, -0.2) is 40.9 Å². The minimum absolute atomic E-state index is 0.165. The maximum absolute atomic E-state index is 11.1. The molecule has 2 saturated heterocycles. The summed E-state index contributed by atoms with van der Waals surface area (Å²) in [4.78, 5) is 0. The highest BCUT2D eigenvalue weighted by Gasteiger charge is 2.69. The lowest BCUT2D eigenvalue weighted by Gasteiger charge is -2.59. The molecule has 0 unspecified atom stereocenters. The summed E-state index contributed by atoms with van der Waals surface area (Å²) in [6.07, 6.45) is 9.75. The Morgan fingerprint density at radius 1 is 1.13 bits per heavy atom. The van der Waals surface area contributed by atoms with Crippen LogP contribution in [-0.2, 0) is 9.47 Å². The van der Waals surface area contributed by atoms with Gasteiger partial charge in [0.25, 0.3) is 0 Å². The van der Waals surface area contributed by atoms with Gasteiger partial charge in [-0.3, -0.25) is 0 Å². The molecule has 0 aromatic carbocycles. The van der Waals surface area contributed by atoms with Gasteiger partial charge in [0.2, 0.25) is 0 Å². The van der Waals surface area contributed by atoms with Crippen molar-refractivity contribution in [3.8, 4) is 0 Å². The molecule has 5 fully saturated rings. The first-order valence-corrected chi connectivity index (χ1v) is 12.7. The molecule has 2 N–H and O–H groups in total. The summed E-state index contributed by atoms with van der Waals surface area (Å²) in [5, 5.41) is 21.4. The van der Waals surface area contributed by atoms with Gasteiger partial charge in [-0.2, -0.15) is 0 Å². The second-order valence-corrected chi connectivity index (χ2v) is 12.3. The van der Waals surface area contributed by atoms with Crippen molar-refractivity contribution < 1.29 is 19.7 Å². The van der Waals surface area contributed by atoms with Gasteiger partial charge in [-0.05, 0) is 67.6 Å². The zero-order valence-corrected chi connectivity index (χ0v) is 19.5. The van der Waals surface area contributed by atoms with Crippen molar-refractivity contribution in [2.75, 3.05) is 6.61 Å². The van der Waals surface area contributed by atoms with Gasteiger partial charge in [-0.1, -0.05) is 44.6 Å². The Kier molecular flexibility index (Phi) is 4.50. The Balaban J connectivity index is 1.30. The van der Waals surface area contributed by atoms with Crippen molar-refractivity contribution in [3.63, 3.8) is 0 Å². The van der Waals surface area contributed by atoms with Crippen LogP contribution in [0.15, 0.2) is 23.8 Å². The Bertz CT molecular complexity index is 808. The summed E-state index contributed by atoms with van der Waals surface area (Å²) < 4.78 is 13.2. The van der Waals surface area contributed by atoms with Gasteiger partial charge in [0.05, 0.1) is 24.9 Å². The lowest BCUT2D eigenvalue weighted by Crippen LogP contribution is -2.56. The Morgan fingerprint density at radius 3 is 2.68 bits per heavy atom. The number of aliphatic hydroxyl groups is 2. The monoisotopic (exact) mass is 428 g/mol. The van der Waals surface area contributed by atoms with Crippen LogP contribution in [0.1, 0.15) is 72.1 Å². The molecule has 172 valence electrons. The normalized spacial score (nSPS) is 58.4. The average Bonchev–Trinajstić information content (AvgIpc) is 3.16. The number of rotatable bonds is 0. The van der Waals surface area contributed by atoms with Crippen LogP contribution in [0.5, 0.6) is 0 Å². The van der Waals surface area contributed by atoms with E-state index in [0.717, 1.165) is 32.1 Å². The van der Waals surface area contributed by atoms with Gasteiger partial charge in [0.15, 0.2) is 5.79 Å². The Labute approximate surface area is 187 Å². The Morgan fingerprint density at radius 2 is 1.94 bits per heavy atom. The molecule has 0 aromatic heterocycles. The predicted octanol–water partition coefficient (Wildman–Crippen LogP) is 4.60. The highest BCUT2D eigenvalue weighted by Crippen LogP contribution is 2.70. The number of fused-ring (bicyclic) bond motifs is 7. The molecule has 4 nitrogen and oxygen atoms in total. The van der Waals surface area contributed by atoms with Crippen LogP contribution < -0.4 is 0 Å². The van der Waals surface area contributed by atoms with E-state index >= 15 is 0 Å².